The van der Waals surface area contributed by atoms with E-state index >= 15 is 0 Å². The number of carbonyl (C=O) groups is 1. The maximum absolute atomic E-state index is 12.5. The molecule has 30 heavy (non-hydrogen) atoms. The smallest absolute Gasteiger partial charge is 0.224 e. The molecule has 0 spiro atoms. The van der Waals surface area contributed by atoms with Gasteiger partial charge in [-0.2, -0.15) is 5.10 Å². The second-order valence-electron chi connectivity index (χ2n) is 7.52. The first-order valence-electron chi connectivity index (χ1n) is 10.1. The molecular formula is C23H25ClN4O2. The van der Waals surface area contributed by atoms with Gasteiger partial charge in [-0.3, -0.25) is 9.89 Å². The van der Waals surface area contributed by atoms with Gasteiger partial charge in [-0.15, -0.1) is 0 Å². The van der Waals surface area contributed by atoms with E-state index in [1.807, 2.05) is 54.6 Å². The zero-order chi connectivity index (χ0) is 20.9. The van der Waals surface area contributed by atoms with Gasteiger partial charge < -0.3 is 15.0 Å². The lowest BCUT2D eigenvalue weighted by Gasteiger charge is -2.33. The molecule has 0 aliphatic carbocycles. The van der Waals surface area contributed by atoms with E-state index in [1.54, 1.807) is 7.11 Å². The largest absolute Gasteiger partial charge is 0.497 e. The minimum absolute atomic E-state index is 0.0379. The van der Waals surface area contributed by atoms with E-state index < -0.39 is 0 Å². The van der Waals surface area contributed by atoms with Crippen LogP contribution in [0.3, 0.4) is 0 Å². The third-order valence-electron chi connectivity index (χ3n) is 5.35. The normalized spacial score (nSPS) is 16.3. The molecule has 2 heterocycles. The molecule has 1 unspecified atom stereocenters. The number of methoxy groups -OCH3 is 1. The summed E-state index contributed by atoms with van der Waals surface area (Å²) in [5.41, 5.74) is 2.97. The van der Waals surface area contributed by atoms with Crippen molar-refractivity contribution in [1.29, 1.82) is 0 Å². The summed E-state index contributed by atoms with van der Waals surface area (Å²) in [6, 6.07) is 17.4. The summed E-state index contributed by atoms with van der Waals surface area (Å²) in [5, 5.41) is 11.5. The molecule has 1 atom stereocenters. The number of benzene rings is 2. The summed E-state index contributed by atoms with van der Waals surface area (Å²) < 4.78 is 5.16. The van der Waals surface area contributed by atoms with Crippen LogP contribution in [-0.2, 0) is 11.2 Å². The molecule has 7 heteroatoms. The lowest BCUT2D eigenvalue weighted by molar-refractivity contribution is -0.121. The van der Waals surface area contributed by atoms with Crippen LogP contribution in [0.2, 0.25) is 5.02 Å². The van der Waals surface area contributed by atoms with Gasteiger partial charge in [0.2, 0.25) is 5.91 Å². The van der Waals surface area contributed by atoms with Gasteiger partial charge in [-0.05, 0) is 48.2 Å². The van der Waals surface area contributed by atoms with Gasteiger partial charge in [-0.1, -0.05) is 35.9 Å². The Kier molecular flexibility index (Phi) is 6.23. The Hall–Kier alpha value is -2.99. The minimum Gasteiger partial charge on any atom is -0.497 e. The molecule has 4 rings (SSSR count). The number of piperidine rings is 1. The molecule has 1 aromatic heterocycles. The molecule has 1 saturated heterocycles. The van der Waals surface area contributed by atoms with Gasteiger partial charge >= 0.3 is 0 Å². The Balaban J connectivity index is 1.35. The topological polar surface area (TPSA) is 70.2 Å². The highest BCUT2D eigenvalue weighted by Crippen LogP contribution is 2.25. The minimum atomic E-state index is 0.0379. The number of halogens is 1. The molecule has 1 amide bonds. The van der Waals surface area contributed by atoms with Crippen LogP contribution in [0.1, 0.15) is 18.4 Å². The third kappa shape index (κ3) is 4.94. The van der Waals surface area contributed by atoms with Crippen molar-refractivity contribution in [2.45, 2.75) is 25.3 Å². The predicted octanol–water partition coefficient (Wildman–Crippen LogP) is 4.07. The first-order valence-corrected chi connectivity index (χ1v) is 10.5. The molecule has 156 valence electrons. The van der Waals surface area contributed by atoms with Crippen molar-refractivity contribution in [3.05, 3.63) is 65.2 Å². The molecule has 3 aromatic rings. The number of anilines is 1. The fourth-order valence-electron chi connectivity index (χ4n) is 3.76. The van der Waals surface area contributed by atoms with Crippen molar-refractivity contribution in [2.75, 3.05) is 25.1 Å². The van der Waals surface area contributed by atoms with Crippen molar-refractivity contribution >= 4 is 23.3 Å². The van der Waals surface area contributed by atoms with Crippen LogP contribution in [-0.4, -0.2) is 42.3 Å². The number of nitrogens with zero attached hydrogens (tertiary/aromatic N) is 2. The number of nitrogens with one attached hydrogen (secondary N) is 2. The van der Waals surface area contributed by atoms with Crippen LogP contribution in [0.5, 0.6) is 5.75 Å². The predicted molar refractivity (Wildman–Crippen MR) is 119 cm³/mol. The molecule has 6 nitrogen and oxygen atoms in total. The van der Waals surface area contributed by atoms with Crippen molar-refractivity contribution in [1.82, 2.24) is 15.5 Å². The zero-order valence-electron chi connectivity index (χ0n) is 16.9. The highest BCUT2D eigenvalue weighted by Gasteiger charge is 2.23. The molecule has 0 saturated carbocycles. The summed E-state index contributed by atoms with van der Waals surface area (Å²) in [6.07, 6.45) is 2.35. The molecule has 1 fully saturated rings. The molecular weight excluding hydrogens is 400 g/mol. The lowest BCUT2D eigenvalue weighted by Crippen LogP contribution is -2.48. The number of aromatic nitrogens is 2. The number of H-pyrrole nitrogens is 1. The zero-order valence-corrected chi connectivity index (χ0v) is 17.7. The fourth-order valence-corrected chi connectivity index (χ4v) is 3.89. The van der Waals surface area contributed by atoms with Crippen LogP contribution in [0, 0.1) is 0 Å². The number of rotatable bonds is 6. The van der Waals surface area contributed by atoms with Crippen LogP contribution >= 0.6 is 11.6 Å². The molecule has 1 aliphatic rings. The number of aromatic amines is 1. The van der Waals surface area contributed by atoms with Gasteiger partial charge in [-0.25, -0.2) is 0 Å². The maximum Gasteiger partial charge on any atom is 0.224 e. The Morgan fingerprint density at radius 3 is 2.73 bits per heavy atom. The average molecular weight is 425 g/mol. The Bertz CT molecular complexity index is 985. The standard InChI is InChI=1S/C23H25ClN4O2/c1-30-20-10-4-16(5-11-20)13-23(29)25-19-3-2-12-28(15-19)22-14-21(26-27-22)17-6-8-18(24)9-7-17/h4-11,14,19H,2-3,12-13,15H2,1H3,(H,25,29)(H,26,27). The quantitative estimate of drug-likeness (QED) is 0.625. The molecule has 2 N–H and O–H groups in total. The average Bonchev–Trinajstić information content (AvgIpc) is 3.25. The third-order valence-corrected chi connectivity index (χ3v) is 5.61. The number of hydrogen-bond donors (Lipinski definition) is 2. The SMILES string of the molecule is COc1ccc(CC(=O)NC2CCCN(c3cc(-c4ccc(Cl)cc4)[nH]n3)C2)cc1. The van der Waals surface area contributed by atoms with Crippen molar-refractivity contribution in [3.63, 3.8) is 0 Å². The Morgan fingerprint density at radius 2 is 2.00 bits per heavy atom. The number of hydrogen-bond acceptors (Lipinski definition) is 4. The number of carbonyl (C=O) groups excluding carboxylic acids is 1. The van der Waals surface area contributed by atoms with E-state index in [2.05, 4.69) is 20.4 Å². The Morgan fingerprint density at radius 1 is 1.23 bits per heavy atom. The highest BCUT2D eigenvalue weighted by atomic mass is 35.5. The summed E-state index contributed by atoms with van der Waals surface area (Å²) in [7, 11) is 1.63. The van der Waals surface area contributed by atoms with E-state index in [4.69, 9.17) is 16.3 Å². The van der Waals surface area contributed by atoms with E-state index in [0.29, 0.717) is 11.4 Å². The van der Waals surface area contributed by atoms with Gasteiger partial charge in [0.25, 0.3) is 0 Å². The summed E-state index contributed by atoms with van der Waals surface area (Å²) in [5.74, 6) is 1.73. The first kappa shape index (κ1) is 20.3. The highest BCUT2D eigenvalue weighted by molar-refractivity contribution is 6.30. The second kappa shape index (κ2) is 9.22. The van der Waals surface area contributed by atoms with E-state index in [0.717, 1.165) is 54.3 Å². The number of ether oxygens (including phenoxy) is 1. The van der Waals surface area contributed by atoms with Crippen molar-refractivity contribution < 1.29 is 9.53 Å². The van der Waals surface area contributed by atoms with Gasteiger partial charge in [0.1, 0.15) is 5.75 Å². The summed E-state index contributed by atoms with van der Waals surface area (Å²) >= 11 is 5.97. The van der Waals surface area contributed by atoms with Crippen LogP contribution in [0.25, 0.3) is 11.3 Å². The molecule has 0 bridgehead atoms. The molecule has 2 aromatic carbocycles. The van der Waals surface area contributed by atoms with E-state index in [9.17, 15) is 4.79 Å². The Labute approximate surface area is 181 Å². The van der Waals surface area contributed by atoms with Gasteiger partial charge in [0.15, 0.2) is 5.82 Å². The second-order valence-corrected chi connectivity index (χ2v) is 7.96. The van der Waals surface area contributed by atoms with Crippen LogP contribution in [0.15, 0.2) is 54.6 Å². The van der Waals surface area contributed by atoms with E-state index in [-0.39, 0.29) is 11.9 Å². The molecule has 1 aliphatic heterocycles. The van der Waals surface area contributed by atoms with Gasteiger partial charge in [0.05, 0.1) is 19.2 Å². The van der Waals surface area contributed by atoms with E-state index in [1.165, 1.54) is 0 Å². The first-order chi connectivity index (χ1) is 14.6. The van der Waals surface area contributed by atoms with Crippen LogP contribution < -0.4 is 15.0 Å². The summed E-state index contributed by atoms with van der Waals surface area (Å²) in [6.45, 7) is 1.68. The fraction of sp³-hybridized carbons (Fsp3) is 0.304. The maximum atomic E-state index is 12.5. The van der Waals surface area contributed by atoms with Crippen molar-refractivity contribution in [3.8, 4) is 17.0 Å². The van der Waals surface area contributed by atoms with Crippen molar-refractivity contribution in [2.24, 2.45) is 0 Å². The molecule has 0 radical (unpaired) electrons. The lowest BCUT2D eigenvalue weighted by atomic mass is 10.0. The summed E-state index contributed by atoms with van der Waals surface area (Å²) in [4.78, 5) is 14.7. The van der Waals surface area contributed by atoms with Gasteiger partial charge in [0, 0.05) is 30.2 Å². The number of amides is 1. The van der Waals surface area contributed by atoms with Crippen LogP contribution in [0.4, 0.5) is 5.82 Å². The monoisotopic (exact) mass is 424 g/mol.